The molecular weight excluding hydrogens is 400 g/mol. The summed E-state index contributed by atoms with van der Waals surface area (Å²) in [6.07, 6.45) is 1.69. The number of amides is 1. The molecule has 1 saturated heterocycles. The number of benzene rings is 1. The Morgan fingerprint density at radius 2 is 1.93 bits per heavy atom. The minimum absolute atomic E-state index is 0.00630. The normalized spacial score (nSPS) is 14.1. The second-order valence-electron chi connectivity index (χ2n) is 7.28. The number of carbonyl (C=O) groups is 1. The van der Waals surface area contributed by atoms with Crippen LogP contribution in [0.2, 0.25) is 0 Å². The number of anilines is 3. The molecule has 0 radical (unpaired) electrons. The smallest absolute Gasteiger partial charge is 0.307 e. The van der Waals surface area contributed by atoms with Gasteiger partial charge in [-0.1, -0.05) is 17.4 Å². The predicted molar refractivity (Wildman–Crippen MR) is 120 cm³/mol. The molecule has 9 heteroatoms. The fourth-order valence-corrected chi connectivity index (χ4v) is 4.44. The maximum absolute atomic E-state index is 12.0. The first kappa shape index (κ1) is 20.1. The molecule has 0 atom stereocenters. The summed E-state index contributed by atoms with van der Waals surface area (Å²) < 4.78 is 1.63. The Bertz CT molecular complexity index is 1130. The summed E-state index contributed by atoms with van der Waals surface area (Å²) in [4.78, 5) is 37.4. The predicted octanol–water partition coefficient (Wildman–Crippen LogP) is 2.62. The van der Waals surface area contributed by atoms with E-state index in [4.69, 9.17) is 0 Å². The van der Waals surface area contributed by atoms with Crippen molar-refractivity contribution in [3.63, 3.8) is 0 Å². The lowest BCUT2D eigenvalue weighted by atomic mass is 10.2. The second-order valence-corrected chi connectivity index (χ2v) is 8.24. The van der Waals surface area contributed by atoms with Crippen LogP contribution in [0.1, 0.15) is 12.6 Å². The Labute approximate surface area is 178 Å². The highest BCUT2D eigenvalue weighted by molar-refractivity contribution is 7.13. The van der Waals surface area contributed by atoms with Crippen molar-refractivity contribution in [3.8, 4) is 10.6 Å². The van der Waals surface area contributed by atoms with Gasteiger partial charge in [0.05, 0.1) is 10.6 Å². The van der Waals surface area contributed by atoms with Crippen molar-refractivity contribution in [3.05, 3.63) is 51.9 Å². The zero-order valence-electron chi connectivity index (χ0n) is 17.3. The van der Waals surface area contributed by atoms with Crippen LogP contribution in [0.4, 0.5) is 17.3 Å². The molecule has 30 heavy (non-hydrogen) atoms. The van der Waals surface area contributed by atoms with Crippen LogP contribution in [0, 0.1) is 6.92 Å². The number of hydrogen-bond donors (Lipinski definition) is 1. The van der Waals surface area contributed by atoms with Crippen LogP contribution >= 0.6 is 11.3 Å². The molecule has 0 aliphatic carbocycles. The van der Waals surface area contributed by atoms with Crippen LogP contribution in [0.5, 0.6) is 0 Å². The molecule has 0 spiro atoms. The molecule has 2 aromatic heterocycles. The lowest BCUT2D eigenvalue weighted by molar-refractivity contribution is -0.129. The molecule has 0 unspecified atom stereocenters. The second kappa shape index (κ2) is 8.27. The van der Waals surface area contributed by atoms with Gasteiger partial charge in [0.15, 0.2) is 0 Å². The van der Waals surface area contributed by atoms with E-state index in [1.807, 2.05) is 30.0 Å². The van der Waals surface area contributed by atoms with Gasteiger partial charge >= 0.3 is 4.87 Å². The lowest BCUT2D eigenvalue weighted by Crippen LogP contribution is -2.48. The monoisotopic (exact) mass is 424 g/mol. The van der Waals surface area contributed by atoms with Crippen LogP contribution in [-0.2, 0) is 11.8 Å². The van der Waals surface area contributed by atoms with Crippen molar-refractivity contribution in [1.82, 2.24) is 19.4 Å². The van der Waals surface area contributed by atoms with E-state index < -0.39 is 0 Å². The van der Waals surface area contributed by atoms with Gasteiger partial charge in [0.1, 0.15) is 0 Å². The van der Waals surface area contributed by atoms with Gasteiger partial charge in [0.25, 0.3) is 0 Å². The quantitative estimate of drug-likeness (QED) is 0.693. The Balaban J connectivity index is 1.51. The standard InChI is InChI=1S/C21H24N6O2S/c1-14-19(30-21(29)25(14)3)18-7-8-22-20(24-18)23-16-5-4-6-17(13-16)27-11-9-26(10-12-27)15(2)28/h4-8,13H,9-12H2,1-3H3,(H,22,23,24). The number of thiazole rings is 1. The van der Waals surface area contributed by atoms with Gasteiger partial charge in [0.2, 0.25) is 11.9 Å². The minimum atomic E-state index is -0.00630. The van der Waals surface area contributed by atoms with Crippen LogP contribution in [0.15, 0.2) is 41.3 Å². The molecule has 0 bridgehead atoms. The highest BCUT2D eigenvalue weighted by atomic mass is 32.1. The molecule has 8 nitrogen and oxygen atoms in total. The Morgan fingerprint density at radius 3 is 2.60 bits per heavy atom. The van der Waals surface area contributed by atoms with Crippen LogP contribution < -0.4 is 15.1 Å². The molecule has 1 N–H and O–H groups in total. The minimum Gasteiger partial charge on any atom is -0.368 e. The van der Waals surface area contributed by atoms with Gasteiger partial charge in [-0.3, -0.25) is 9.59 Å². The van der Waals surface area contributed by atoms with E-state index >= 15 is 0 Å². The van der Waals surface area contributed by atoms with Gasteiger partial charge in [-0.2, -0.15) is 0 Å². The third-order valence-electron chi connectivity index (χ3n) is 5.38. The number of hydrogen-bond acceptors (Lipinski definition) is 7. The lowest BCUT2D eigenvalue weighted by Gasteiger charge is -2.35. The molecule has 1 amide bonds. The first-order valence-electron chi connectivity index (χ1n) is 9.80. The van der Waals surface area contributed by atoms with E-state index in [9.17, 15) is 9.59 Å². The number of nitrogens with one attached hydrogen (secondary N) is 1. The van der Waals surface area contributed by atoms with Gasteiger partial charge in [-0.05, 0) is 31.2 Å². The highest BCUT2D eigenvalue weighted by Crippen LogP contribution is 2.26. The van der Waals surface area contributed by atoms with Crippen LogP contribution in [0.3, 0.4) is 0 Å². The maximum atomic E-state index is 12.0. The molecule has 3 heterocycles. The van der Waals surface area contributed by atoms with Crippen molar-refractivity contribution >= 4 is 34.6 Å². The zero-order valence-corrected chi connectivity index (χ0v) is 18.1. The van der Waals surface area contributed by atoms with Crippen molar-refractivity contribution in [1.29, 1.82) is 0 Å². The summed E-state index contributed by atoms with van der Waals surface area (Å²) in [6.45, 7) is 6.61. The van der Waals surface area contributed by atoms with Gasteiger partial charge in [-0.25, -0.2) is 9.97 Å². The number of piperazine rings is 1. The van der Waals surface area contributed by atoms with Crippen LogP contribution in [0.25, 0.3) is 10.6 Å². The summed E-state index contributed by atoms with van der Waals surface area (Å²) in [5, 5.41) is 3.27. The zero-order chi connectivity index (χ0) is 21.3. The van der Waals surface area contributed by atoms with Crippen LogP contribution in [-0.4, -0.2) is 51.5 Å². The molecule has 156 valence electrons. The Morgan fingerprint density at radius 1 is 1.17 bits per heavy atom. The molecule has 4 rings (SSSR count). The molecular formula is C21H24N6O2S. The number of rotatable bonds is 4. The third kappa shape index (κ3) is 4.06. The van der Waals surface area contributed by atoms with E-state index in [2.05, 4.69) is 32.3 Å². The Kier molecular flexibility index (Phi) is 5.54. The average molecular weight is 425 g/mol. The SMILES string of the molecule is CC(=O)N1CCN(c2cccc(Nc3nccc(-c4sc(=O)n(C)c4C)n3)c2)CC1. The van der Waals surface area contributed by atoms with E-state index in [0.717, 1.165) is 53.8 Å². The molecule has 1 aliphatic heterocycles. The molecule has 3 aromatic rings. The maximum Gasteiger partial charge on any atom is 0.307 e. The van der Waals surface area contributed by atoms with Gasteiger partial charge in [0, 0.05) is 63.4 Å². The van der Waals surface area contributed by atoms with Gasteiger partial charge in [-0.15, -0.1) is 0 Å². The van der Waals surface area contributed by atoms with E-state index in [0.29, 0.717) is 5.95 Å². The van der Waals surface area contributed by atoms with Gasteiger partial charge < -0.3 is 19.7 Å². The fourth-order valence-electron chi connectivity index (χ4n) is 3.49. The van der Waals surface area contributed by atoms with Crippen molar-refractivity contribution in [2.24, 2.45) is 7.05 Å². The van der Waals surface area contributed by atoms with E-state index in [1.54, 1.807) is 24.7 Å². The number of carbonyl (C=O) groups excluding carboxylic acids is 1. The first-order valence-corrected chi connectivity index (χ1v) is 10.6. The highest BCUT2D eigenvalue weighted by Gasteiger charge is 2.19. The average Bonchev–Trinajstić information content (AvgIpc) is 3.01. The number of aromatic nitrogens is 3. The fraction of sp³-hybridized carbons (Fsp3) is 0.333. The molecule has 1 fully saturated rings. The number of nitrogens with zero attached hydrogens (tertiary/aromatic N) is 5. The summed E-state index contributed by atoms with van der Waals surface area (Å²) in [5.74, 6) is 0.606. The molecule has 0 saturated carbocycles. The van der Waals surface area contributed by atoms with E-state index in [-0.39, 0.29) is 10.8 Å². The summed E-state index contributed by atoms with van der Waals surface area (Å²) in [7, 11) is 1.76. The summed E-state index contributed by atoms with van der Waals surface area (Å²) >= 11 is 1.19. The third-order valence-corrected chi connectivity index (χ3v) is 6.53. The summed E-state index contributed by atoms with van der Waals surface area (Å²) in [5.41, 5.74) is 3.60. The van der Waals surface area contributed by atoms with Crippen molar-refractivity contribution < 1.29 is 4.79 Å². The largest absolute Gasteiger partial charge is 0.368 e. The summed E-state index contributed by atoms with van der Waals surface area (Å²) in [6, 6.07) is 9.90. The van der Waals surface area contributed by atoms with Crippen molar-refractivity contribution in [2.45, 2.75) is 13.8 Å². The topological polar surface area (TPSA) is 83.4 Å². The van der Waals surface area contributed by atoms with Crippen molar-refractivity contribution in [2.75, 3.05) is 36.4 Å². The Hall–Kier alpha value is -3.20. The van der Waals surface area contributed by atoms with E-state index in [1.165, 1.54) is 11.3 Å². The molecule has 1 aromatic carbocycles. The molecule has 1 aliphatic rings. The first-order chi connectivity index (χ1) is 14.4.